The average molecular weight is 340 g/mol. The van der Waals surface area contributed by atoms with Crippen LogP contribution in [0.2, 0.25) is 0 Å². The molecule has 0 aliphatic heterocycles. The summed E-state index contributed by atoms with van der Waals surface area (Å²) in [5, 5.41) is 6.21. The molecule has 1 aromatic heterocycles. The Morgan fingerprint density at radius 3 is 2.48 bits per heavy atom. The van der Waals surface area contributed by atoms with Gasteiger partial charge >= 0.3 is 0 Å². The molecule has 0 radical (unpaired) electrons. The number of hydrogen-bond acceptors (Lipinski definition) is 4. The van der Waals surface area contributed by atoms with Crippen molar-refractivity contribution in [3.8, 4) is 0 Å². The van der Waals surface area contributed by atoms with Crippen LogP contribution in [0.5, 0.6) is 0 Å². The Morgan fingerprint density at radius 1 is 1.12 bits per heavy atom. The fourth-order valence-electron chi connectivity index (χ4n) is 2.55. The number of anilines is 2. The van der Waals surface area contributed by atoms with Crippen molar-refractivity contribution in [3.63, 3.8) is 0 Å². The Bertz CT molecular complexity index is 708. The molecule has 0 aliphatic carbocycles. The molecule has 134 valence electrons. The largest absolute Gasteiger partial charge is 0.351 e. The molecule has 0 saturated heterocycles. The molecule has 2 rings (SSSR count). The molecule has 0 unspecified atom stereocenters. The predicted molar refractivity (Wildman–Crippen MR) is 102 cm³/mol. The van der Waals surface area contributed by atoms with Crippen molar-refractivity contribution >= 4 is 17.4 Å². The lowest BCUT2D eigenvalue weighted by Gasteiger charge is -2.16. The molecule has 0 aliphatic rings. The van der Waals surface area contributed by atoms with Crippen LogP contribution in [0.15, 0.2) is 30.6 Å². The first-order valence-electron chi connectivity index (χ1n) is 8.85. The van der Waals surface area contributed by atoms with Gasteiger partial charge in [-0.25, -0.2) is 9.97 Å². The second-order valence-electron chi connectivity index (χ2n) is 7.04. The Morgan fingerprint density at radius 2 is 1.88 bits per heavy atom. The fraction of sp³-hybridized carbons (Fsp3) is 0.450. The smallest absolute Gasteiger partial charge is 0.271 e. The van der Waals surface area contributed by atoms with E-state index in [4.69, 9.17) is 0 Å². The van der Waals surface area contributed by atoms with Crippen LogP contribution >= 0.6 is 0 Å². The number of nitrogens with one attached hydrogen (secondary N) is 2. The zero-order valence-electron chi connectivity index (χ0n) is 15.8. The normalized spacial score (nSPS) is 11.0. The van der Waals surface area contributed by atoms with Crippen LogP contribution in [0, 0.1) is 12.8 Å². The van der Waals surface area contributed by atoms with Crippen LogP contribution < -0.4 is 10.6 Å². The second kappa shape index (κ2) is 8.60. The highest BCUT2D eigenvalue weighted by Gasteiger charge is 2.11. The van der Waals surface area contributed by atoms with E-state index in [0.29, 0.717) is 29.9 Å². The summed E-state index contributed by atoms with van der Waals surface area (Å²) in [6.07, 6.45) is 4.07. The minimum atomic E-state index is -0.182. The zero-order chi connectivity index (χ0) is 18.4. The summed E-state index contributed by atoms with van der Waals surface area (Å²) in [5.41, 5.74) is 3.78. The molecular weight excluding hydrogens is 312 g/mol. The third-order valence-electron chi connectivity index (χ3n) is 4.07. The van der Waals surface area contributed by atoms with Gasteiger partial charge in [-0.05, 0) is 36.3 Å². The van der Waals surface area contributed by atoms with Crippen LogP contribution in [0.4, 0.5) is 11.5 Å². The fourth-order valence-corrected chi connectivity index (χ4v) is 2.55. The lowest BCUT2D eigenvalue weighted by atomic mass is 9.98. The minimum Gasteiger partial charge on any atom is -0.351 e. The lowest BCUT2D eigenvalue weighted by molar-refractivity contribution is 0.0946. The zero-order valence-corrected chi connectivity index (χ0v) is 15.8. The second-order valence-corrected chi connectivity index (χ2v) is 7.04. The number of para-hydroxylation sites is 1. The molecule has 1 amide bonds. The SMILES string of the molecule is Cc1cccc(C(C)C)c1Nc1cnc(C(=O)NCCC(C)C)cn1. The van der Waals surface area contributed by atoms with Crippen molar-refractivity contribution in [2.75, 3.05) is 11.9 Å². The van der Waals surface area contributed by atoms with E-state index in [1.807, 2.05) is 0 Å². The molecule has 0 fully saturated rings. The Kier molecular flexibility index (Phi) is 6.51. The van der Waals surface area contributed by atoms with Crippen molar-refractivity contribution in [2.45, 2.75) is 47.0 Å². The van der Waals surface area contributed by atoms with Gasteiger partial charge in [0.25, 0.3) is 5.91 Å². The lowest BCUT2D eigenvalue weighted by Crippen LogP contribution is -2.26. The van der Waals surface area contributed by atoms with Gasteiger partial charge in [0.15, 0.2) is 0 Å². The molecule has 2 N–H and O–H groups in total. The number of carbonyl (C=O) groups is 1. The van der Waals surface area contributed by atoms with Gasteiger partial charge < -0.3 is 10.6 Å². The van der Waals surface area contributed by atoms with Crippen molar-refractivity contribution in [3.05, 3.63) is 47.4 Å². The molecule has 5 heteroatoms. The van der Waals surface area contributed by atoms with Gasteiger partial charge in [0.1, 0.15) is 11.5 Å². The number of amides is 1. The number of nitrogens with zero attached hydrogens (tertiary/aromatic N) is 2. The number of aromatic nitrogens is 2. The molecular formula is C20H28N4O. The quantitative estimate of drug-likeness (QED) is 0.782. The molecule has 2 aromatic rings. The van der Waals surface area contributed by atoms with Gasteiger partial charge in [0.2, 0.25) is 0 Å². The number of aryl methyl sites for hydroxylation is 1. The van der Waals surface area contributed by atoms with Gasteiger partial charge in [-0.2, -0.15) is 0 Å². The topological polar surface area (TPSA) is 66.9 Å². The van der Waals surface area contributed by atoms with Gasteiger partial charge in [-0.15, -0.1) is 0 Å². The molecule has 0 saturated carbocycles. The van der Waals surface area contributed by atoms with Crippen LogP contribution in [0.3, 0.4) is 0 Å². The van der Waals surface area contributed by atoms with E-state index in [1.54, 1.807) is 6.20 Å². The molecule has 25 heavy (non-hydrogen) atoms. The maximum Gasteiger partial charge on any atom is 0.271 e. The first-order valence-corrected chi connectivity index (χ1v) is 8.85. The first kappa shape index (κ1) is 18.9. The average Bonchev–Trinajstić information content (AvgIpc) is 2.56. The molecule has 0 atom stereocenters. The molecule has 1 aromatic carbocycles. The van der Waals surface area contributed by atoms with Crippen LogP contribution in [-0.4, -0.2) is 22.4 Å². The summed E-state index contributed by atoms with van der Waals surface area (Å²) in [4.78, 5) is 20.6. The standard InChI is InChI=1S/C20H28N4O/c1-13(2)9-10-21-20(25)17-11-23-18(12-22-17)24-19-15(5)7-6-8-16(19)14(3)4/h6-8,11-14H,9-10H2,1-5H3,(H,21,25)(H,23,24). The van der Waals surface area contributed by atoms with Gasteiger partial charge in [-0.3, -0.25) is 4.79 Å². The van der Waals surface area contributed by atoms with Gasteiger partial charge in [-0.1, -0.05) is 45.9 Å². The maximum absolute atomic E-state index is 12.1. The highest BCUT2D eigenvalue weighted by atomic mass is 16.1. The summed E-state index contributed by atoms with van der Waals surface area (Å²) in [6.45, 7) is 11.3. The highest BCUT2D eigenvalue weighted by molar-refractivity contribution is 5.92. The predicted octanol–water partition coefficient (Wildman–Crippen LogP) is 4.43. The number of hydrogen-bond donors (Lipinski definition) is 2. The summed E-state index contributed by atoms with van der Waals surface area (Å²) < 4.78 is 0. The number of rotatable bonds is 7. The maximum atomic E-state index is 12.1. The highest BCUT2D eigenvalue weighted by Crippen LogP contribution is 2.29. The Hall–Kier alpha value is -2.43. The first-order chi connectivity index (χ1) is 11.9. The third-order valence-corrected chi connectivity index (χ3v) is 4.07. The monoisotopic (exact) mass is 340 g/mol. The van der Waals surface area contributed by atoms with E-state index in [0.717, 1.165) is 17.7 Å². The van der Waals surface area contributed by atoms with Gasteiger partial charge in [0.05, 0.1) is 12.4 Å². The molecule has 5 nitrogen and oxygen atoms in total. The van der Waals surface area contributed by atoms with E-state index >= 15 is 0 Å². The van der Waals surface area contributed by atoms with Gasteiger partial charge in [0, 0.05) is 12.2 Å². The Balaban J connectivity index is 2.07. The van der Waals surface area contributed by atoms with Crippen molar-refractivity contribution in [1.29, 1.82) is 0 Å². The number of carbonyl (C=O) groups excluding carboxylic acids is 1. The summed E-state index contributed by atoms with van der Waals surface area (Å²) >= 11 is 0. The third kappa shape index (κ3) is 5.28. The molecule has 0 spiro atoms. The Labute approximate surface area is 150 Å². The summed E-state index contributed by atoms with van der Waals surface area (Å²) in [6, 6.07) is 6.24. The van der Waals surface area contributed by atoms with Crippen LogP contribution in [0.25, 0.3) is 0 Å². The van der Waals surface area contributed by atoms with E-state index < -0.39 is 0 Å². The van der Waals surface area contributed by atoms with E-state index in [1.165, 1.54) is 11.8 Å². The van der Waals surface area contributed by atoms with Crippen molar-refractivity contribution < 1.29 is 4.79 Å². The van der Waals surface area contributed by atoms with Crippen molar-refractivity contribution in [2.24, 2.45) is 5.92 Å². The van der Waals surface area contributed by atoms with E-state index in [-0.39, 0.29) is 5.91 Å². The molecule has 1 heterocycles. The van der Waals surface area contributed by atoms with E-state index in [2.05, 4.69) is 73.4 Å². The summed E-state index contributed by atoms with van der Waals surface area (Å²) in [5.74, 6) is 1.41. The summed E-state index contributed by atoms with van der Waals surface area (Å²) in [7, 11) is 0. The van der Waals surface area contributed by atoms with E-state index in [9.17, 15) is 4.79 Å². The minimum absolute atomic E-state index is 0.182. The van der Waals surface area contributed by atoms with Crippen LogP contribution in [-0.2, 0) is 0 Å². The van der Waals surface area contributed by atoms with Crippen LogP contribution in [0.1, 0.15) is 61.6 Å². The van der Waals surface area contributed by atoms with Crippen molar-refractivity contribution in [1.82, 2.24) is 15.3 Å². The number of benzene rings is 1. The molecule has 0 bridgehead atoms.